The lowest BCUT2D eigenvalue weighted by atomic mass is 10.0. The number of carbonyl (C=O) groups excluding carboxylic acids is 2. The average molecular weight is 373 g/mol. The van der Waals surface area contributed by atoms with Crippen molar-refractivity contribution in [3.63, 3.8) is 0 Å². The molecule has 3 fully saturated rings. The molecule has 0 bridgehead atoms. The fraction of sp³-hybridized carbons (Fsp3) is 0.684. The maximum absolute atomic E-state index is 12.7. The van der Waals surface area contributed by atoms with E-state index in [1.54, 1.807) is 17.2 Å². The van der Waals surface area contributed by atoms with E-state index in [1.165, 1.54) is 4.68 Å². The van der Waals surface area contributed by atoms with Gasteiger partial charge in [-0.2, -0.15) is 5.10 Å². The minimum absolute atomic E-state index is 0.0419. The summed E-state index contributed by atoms with van der Waals surface area (Å²) in [5.41, 5.74) is 0.600. The summed E-state index contributed by atoms with van der Waals surface area (Å²) in [5, 5.41) is 4.22. The van der Waals surface area contributed by atoms with Crippen LogP contribution >= 0.6 is 0 Å². The zero-order valence-corrected chi connectivity index (χ0v) is 15.7. The lowest BCUT2D eigenvalue weighted by Gasteiger charge is -2.37. The summed E-state index contributed by atoms with van der Waals surface area (Å²) in [7, 11) is 0. The van der Waals surface area contributed by atoms with Crippen molar-refractivity contribution in [1.29, 1.82) is 0 Å². The largest absolute Gasteiger partial charge is 0.370 e. The van der Waals surface area contributed by atoms with Gasteiger partial charge >= 0.3 is 0 Å². The second-order valence-corrected chi connectivity index (χ2v) is 7.73. The molecule has 0 aliphatic carbocycles. The van der Waals surface area contributed by atoms with Gasteiger partial charge in [-0.05, 0) is 32.1 Å². The maximum Gasteiger partial charge on any atom is 0.269 e. The Morgan fingerprint density at radius 2 is 1.89 bits per heavy atom. The van der Waals surface area contributed by atoms with E-state index < -0.39 is 0 Å². The van der Waals surface area contributed by atoms with Crippen LogP contribution in [-0.2, 0) is 16.1 Å². The van der Waals surface area contributed by atoms with E-state index in [0.29, 0.717) is 19.5 Å². The van der Waals surface area contributed by atoms with Crippen LogP contribution in [0.4, 0.5) is 5.69 Å². The second kappa shape index (κ2) is 7.70. The molecule has 0 radical (unpaired) electrons. The van der Waals surface area contributed by atoms with E-state index in [2.05, 4.69) is 10.00 Å². The number of likely N-dealkylation sites (tertiary alicyclic amines) is 2. The van der Waals surface area contributed by atoms with Gasteiger partial charge in [-0.15, -0.1) is 0 Å². The number of aromatic nitrogens is 2. The first-order valence-electron chi connectivity index (χ1n) is 10.0. The van der Waals surface area contributed by atoms with Crippen LogP contribution < -0.4 is 10.5 Å². The molecule has 2 amide bonds. The van der Waals surface area contributed by atoms with Crippen molar-refractivity contribution in [1.82, 2.24) is 19.6 Å². The number of carbonyl (C=O) groups is 2. The molecule has 1 unspecified atom stereocenters. The Morgan fingerprint density at radius 3 is 2.59 bits per heavy atom. The van der Waals surface area contributed by atoms with Gasteiger partial charge in [0.15, 0.2) is 0 Å². The van der Waals surface area contributed by atoms with Gasteiger partial charge in [-0.25, -0.2) is 4.68 Å². The number of hydrogen-bond donors (Lipinski definition) is 0. The minimum Gasteiger partial charge on any atom is -0.370 e. The quantitative estimate of drug-likeness (QED) is 0.766. The Bertz CT molecular complexity index is 771. The first-order valence-corrected chi connectivity index (χ1v) is 10.0. The molecule has 0 aromatic carbocycles. The van der Waals surface area contributed by atoms with E-state index in [1.807, 2.05) is 4.90 Å². The number of amides is 2. The third-order valence-corrected chi connectivity index (χ3v) is 5.91. The van der Waals surface area contributed by atoms with Crippen molar-refractivity contribution in [3.8, 4) is 0 Å². The zero-order valence-electron chi connectivity index (χ0n) is 15.7. The second-order valence-electron chi connectivity index (χ2n) is 7.73. The van der Waals surface area contributed by atoms with E-state index in [4.69, 9.17) is 0 Å². The van der Waals surface area contributed by atoms with Crippen LogP contribution in [0.2, 0.25) is 0 Å². The summed E-state index contributed by atoms with van der Waals surface area (Å²) in [6.07, 6.45) is 7.31. The molecule has 1 aromatic heterocycles. The first kappa shape index (κ1) is 18.0. The van der Waals surface area contributed by atoms with Crippen LogP contribution in [0.15, 0.2) is 17.1 Å². The molecule has 0 N–H and O–H groups in total. The molecule has 4 rings (SSSR count). The molecular weight excluding hydrogens is 346 g/mol. The third kappa shape index (κ3) is 3.84. The summed E-state index contributed by atoms with van der Waals surface area (Å²) in [4.78, 5) is 42.9. The molecule has 3 saturated heterocycles. The standard InChI is InChI=1S/C19H27N5O3/c25-17-6-4-10-23(17)15-5-3-9-22(13-15)19(27)14-24-18(26)11-16(12-20-24)21-7-1-2-8-21/h11-12,15H,1-10,13-14H2. The number of rotatable bonds is 4. The summed E-state index contributed by atoms with van der Waals surface area (Å²) >= 11 is 0. The maximum atomic E-state index is 12.7. The summed E-state index contributed by atoms with van der Waals surface area (Å²) < 4.78 is 1.24. The highest BCUT2D eigenvalue weighted by Crippen LogP contribution is 2.22. The van der Waals surface area contributed by atoms with Crippen molar-refractivity contribution >= 4 is 17.5 Å². The summed E-state index contributed by atoms with van der Waals surface area (Å²) in [6.45, 7) is 3.90. The fourth-order valence-electron chi connectivity index (χ4n) is 4.41. The smallest absolute Gasteiger partial charge is 0.269 e. The number of hydrogen-bond acceptors (Lipinski definition) is 5. The predicted molar refractivity (Wildman–Crippen MR) is 100 cm³/mol. The molecule has 27 heavy (non-hydrogen) atoms. The van der Waals surface area contributed by atoms with Gasteiger partial charge in [0.25, 0.3) is 5.56 Å². The Morgan fingerprint density at radius 1 is 1.07 bits per heavy atom. The lowest BCUT2D eigenvalue weighted by molar-refractivity contribution is -0.138. The topological polar surface area (TPSA) is 78.8 Å². The fourth-order valence-corrected chi connectivity index (χ4v) is 4.41. The van der Waals surface area contributed by atoms with Crippen LogP contribution in [0.5, 0.6) is 0 Å². The van der Waals surface area contributed by atoms with Gasteiger partial charge in [0.05, 0.1) is 11.9 Å². The zero-order chi connectivity index (χ0) is 18.8. The van der Waals surface area contributed by atoms with Crippen LogP contribution in [0.1, 0.15) is 38.5 Å². The van der Waals surface area contributed by atoms with Crippen molar-refractivity contribution in [2.45, 2.75) is 51.1 Å². The van der Waals surface area contributed by atoms with E-state index >= 15 is 0 Å². The van der Waals surface area contributed by atoms with Crippen molar-refractivity contribution in [2.24, 2.45) is 0 Å². The van der Waals surface area contributed by atoms with Gasteiger partial charge in [0, 0.05) is 51.3 Å². The van der Waals surface area contributed by atoms with Crippen molar-refractivity contribution in [2.75, 3.05) is 37.6 Å². The van der Waals surface area contributed by atoms with Gasteiger partial charge in [-0.1, -0.05) is 0 Å². The number of anilines is 1. The minimum atomic E-state index is -0.240. The Balaban J connectivity index is 1.39. The molecule has 1 atom stereocenters. The Kier molecular flexibility index (Phi) is 5.13. The van der Waals surface area contributed by atoms with Gasteiger partial charge in [-0.3, -0.25) is 14.4 Å². The predicted octanol–water partition coefficient (Wildman–Crippen LogP) is 0.457. The van der Waals surface area contributed by atoms with Gasteiger partial charge < -0.3 is 14.7 Å². The SMILES string of the molecule is O=C(Cn1ncc(N2CCCC2)cc1=O)N1CCCC(N2CCCC2=O)C1. The van der Waals surface area contributed by atoms with E-state index in [-0.39, 0.29) is 30.0 Å². The van der Waals surface area contributed by atoms with E-state index in [9.17, 15) is 14.4 Å². The molecule has 0 saturated carbocycles. The first-order chi connectivity index (χ1) is 13.1. The molecule has 4 heterocycles. The monoisotopic (exact) mass is 373 g/mol. The van der Waals surface area contributed by atoms with Crippen LogP contribution in [0, 0.1) is 0 Å². The van der Waals surface area contributed by atoms with Crippen molar-refractivity contribution < 1.29 is 9.59 Å². The highest BCUT2D eigenvalue weighted by molar-refractivity contribution is 5.79. The third-order valence-electron chi connectivity index (χ3n) is 5.91. The van der Waals surface area contributed by atoms with Crippen LogP contribution in [-0.4, -0.2) is 70.2 Å². The Labute approximate surface area is 158 Å². The molecule has 3 aliphatic rings. The molecular formula is C19H27N5O3. The highest BCUT2D eigenvalue weighted by atomic mass is 16.2. The van der Waals surface area contributed by atoms with Crippen LogP contribution in [0.3, 0.4) is 0 Å². The molecule has 3 aliphatic heterocycles. The summed E-state index contributed by atoms with van der Waals surface area (Å²) in [6, 6.07) is 1.69. The molecule has 8 nitrogen and oxygen atoms in total. The van der Waals surface area contributed by atoms with Gasteiger partial charge in [0.2, 0.25) is 11.8 Å². The average Bonchev–Trinajstić information content (AvgIpc) is 3.35. The van der Waals surface area contributed by atoms with Gasteiger partial charge in [0.1, 0.15) is 6.54 Å². The molecule has 146 valence electrons. The Hall–Kier alpha value is -2.38. The molecule has 1 aromatic rings. The highest BCUT2D eigenvalue weighted by Gasteiger charge is 2.32. The number of piperidine rings is 1. The summed E-state index contributed by atoms with van der Waals surface area (Å²) in [5.74, 6) is 0.0968. The van der Waals surface area contributed by atoms with Crippen molar-refractivity contribution in [3.05, 3.63) is 22.6 Å². The molecule has 8 heteroatoms. The van der Waals surface area contributed by atoms with E-state index in [0.717, 1.165) is 57.4 Å². The lowest BCUT2D eigenvalue weighted by Crippen LogP contribution is -2.51. The number of nitrogens with zero attached hydrogens (tertiary/aromatic N) is 5. The molecule has 0 spiro atoms. The van der Waals surface area contributed by atoms with Crippen LogP contribution in [0.25, 0.3) is 0 Å². The normalized spacial score (nSPS) is 23.3.